The van der Waals surface area contributed by atoms with Crippen molar-refractivity contribution in [2.24, 2.45) is 0 Å². The van der Waals surface area contributed by atoms with Crippen molar-refractivity contribution >= 4 is 27.8 Å². The predicted octanol–water partition coefficient (Wildman–Crippen LogP) is 6.47. The number of aromatic nitrogens is 2. The molecule has 0 aliphatic rings. The first kappa shape index (κ1) is 25.4. The predicted molar refractivity (Wildman–Crippen MR) is 127 cm³/mol. The minimum absolute atomic E-state index is 0.0573. The fraction of sp³-hybridized carbons (Fsp3) is 0.385. The van der Waals surface area contributed by atoms with Gasteiger partial charge in [0.05, 0.1) is 24.1 Å². The van der Waals surface area contributed by atoms with Crippen LogP contribution in [-0.4, -0.2) is 34.0 Å². The maximum atomic E-state index is 13.2. The molecular formula is C26H27F3N2O5. The summed E-state index contributed by atoms with van der Waals surface area (Å²) >= 11 is 0. The highest BCUT2D eigenvalue weighted by atomic mass is 19.4. The molecule has 0 fully saturated rings. The zero-order chi connectivity index (χ0) is 25.7. The van der Waals surface area contributed by atoms with Crippen LogP contribution in [0.15, 0.2) is 47.1 Å². The number of nitrogens with zero attached hydrogens (tertiary/aromatic N) is 2. The molecule has 1 N–H and O–H groups in total. The van der Waals surface area contributed by atoms with Crippen LogP contribution in [0, 0.1) is 0 Å². The summed E-state index contributed by atoms with van der Waals surface area (Å²) in [6.45, 7) is 3.29. The Kier molecular flexibility index (Phi) is 7.71. The van der Waals surface area contributed by atoms with Crippen molar-refractivity contribution in [3.8, 4) is 11.5 Å². The van der Waals surface area contributed by atoms with Crippen LogP contribution in [0.3, 0.4) is 0 Å². The van der Waals surface area contributed by atoms with Crippen LogP contribution < -0.4 is 9.47 Å². The second-order valence-electron chi connectivity index (χ2n) is 8.44. The fourth-order valence-electron chi connectivity index (χ4n) is 4.21. The van der Waals surface area contributed by atoms with Gasteiger partial charge in [-0.05, 0) is 49.6 Å². The summed E-state index contributed by atoms with van der Waals surface area (Å²) < 4.78 is 58.5. The Morgan fingerprint density at radius 2 is 1.83 bits per heavy atom. The number of carboxylic acid groups (broad SMARTS) is 1. The van der Waals surface area contributed by atoms with Gasteiger partial charge in [-0.2, -0.15) is 13.2 Å². The van der Waals surface area contributed by atoms with Gasteiger partial charge in [0.2, 0.25) is 0 Å². The van der Waals surface area contributed by atoms with Crippen molar-refractivity contribution in [3.63, 3.8) is 0 Å². The highest BCUT2D eigenvalue weighted by Gasteiger charge is 2.37. The van der Waals surface area contributed by atoms with Crippen molar-refractivity contribution < 1.29 is 37.1 Å². The van der Waals surface area contributed by atoms with E-state index in [0.717, 1.165) is 10.9 Å². The topological polar surface area (TPSA) is 86.7 Å². The average molecular weight is 505 g/mol. The molecule has 2 aromatic carbocycles. The van der Waals surface area contributed by atoms with Gasteiger partial charge in [-0.1, -0.05) is 24.6 Å². The van der Waals surface area contributed by atoms with Crippen LogP contribution >= 0.6 is 0 Å². The lowest BCUT2D eigenvalue weighted by Gasteiger charge is -2.12. The second kappa shape index (κ2) is 10.9. The molecule has 0 aliphatic carbocycles. The van der Waals surface area contributed by atoms with Crippen molar-refractivity contribution in [2.45, 2.75) is 51.7 Å². The number of carbonyl (C=O) groups is 1. The summed E-state index contributed by atoms with van der Waals surface area (Å²) in [5.74, 6) is 0.359. The van der Waals surface area contributed by atoms with Crippen molar-refractivity contribution in [3.05, 3.63) is 53.9 Å². The number of hydrogen-bond acceptors (Lipinski definition) is 5. The van der Waals surface area contributed by atoms with Crippen LogP contribution in [0.2, 0.25) is 0 Å². The molecule has 4 rings (SSSR count). The Hall–Kier alpha value is -3.69. The molecule has 0 bridgehead atoms. The third-order valence-electron chi connectivity index (χ3n) is 5.84. The lowest BCUT2D eigenvalue weighted by Crippen LogP contribution is -2.06. The number of alkyl halides is 3. The summed E-state index contributed by atoms with van der Waals surface area (Å²) in [5, 5.41) is 12.9. The fourth-order valence-corrected chi connectivity index (χ4v) is 4.21. The number of benzene rings is 2. The third kappa shape index (κ3) is 5.58. The van der Waals surface area contributed by atoms with Crippen LogP contribution in [0.4, 0.5) is 13.2 Å². The van der Waals surface area contributed by atoms with Gasteiger partial charge in [0.1, 0.15) is 11.5 Å². The number of aryl methyl sites for hydroxylation is 2. The van der Waals surface area contributed by atoms with E-state index in [4.69, 9.17) is 19.1 Å². The molecule has 0 atom stereocenters. The van der Waals surface area contributed by atoms with Gasteiger partial charge in [-0.25, -0.2) is 0 Å². The van der Waals surface area contributed by atoms with Crippen LogP contribution in [0.5, 0.6) is 11.5 Å². The molecule has 0 amide bonds. The summed E-state index contributed by atoms with van der Waals surface area (Å²) in [7, 11) is 0. The first-order valence-corrected chi connectivity index (χ1v) is 11.8. The van der Waals surface area contributed by atoms with E-state index < -0.39 is 17.8 Å². The molecule has 10 heteroatoms. The second-order valence-corrected chi connectivity index (χ2v) is 8.44. The van der Waals surface area contributed by atoms with Crippen molar-refractivity contribution in [1.82, 2.24) is 9.72 Å². The number of halogens is 3. The lowest BCUT2D eigenvalue weighted by molar-refractivity contribution is -0.141. The SMILES string of the molecule is CCCc1c(OCCCn2ccc3c(OCCCC(=O)O)cccc32)ccc2c(C(F)(F)F)noc12. The van der Waals surface area contributed by atoms with E-state index in [1.165, 1.54) is 6.07 Å². The van der Waals surface area contributed by atoms with Crippen molar-refractivity contribution in [1.29, 1.82) is 0 Å². The van der Waals surface area contributed by atoms with Crippen LogP contribution in [0.25, 0.3) is 21.9 Å². The number of ether oxygens (including phenoxy) is 2. The molecule has 0 unspecified atom stereocenters. The largest absolute Gasteiger partial charge is 0.493 e. The van der Waals surface area contributed by atoms with E-state index in [1.54, 1.807) is 6.07 Å². The monoisotopic (exact) mass is 504 g/mol. The molecule has 0 aliphatic heterocycles. The zero-order valence-electron chi connectivity index (χ0n) is 19.8. The van der Waals surface area contributed by atoms with E-state index >= 15 is 0 Å². The van der Waals surface area contributed by atoms with Crippen LogP contribution in [0.1, 0.15) is 43.9 Å². The Balaban J connectivity index is 1.40. The smallest absolute Gasteiger partial charge is 0.437 e. The van der Waals surface area contributed by atoms with E-state index in [0.29, 0.717) is 62.5 Å². The van der Waals surface area contributed by atoms with Gasteiger partial charge in [0, 0.05) is 30.1 Å². The minimum atomic E-state index is -4.58. The Labute approximate surface area is 205 Å². The maximum Gasteiger partial charge on any atom is 0.437 e. The van der Waals surface area contributed by atoms with E-state index in [2.05, 4.69) is 9.72 Å². The van der Waals surface area contributed by atoms with E-state index in [-0.39, 0.29) is 17.4 Å². The van der Waals surface area contributed by atoms with Gasteiger partial charge in [-0.15, -0.1) is 0 Å². The third-order valence-corrected chi connectivity index (χ3v) is 5.84. The lowest BCUT2D eigenvalue weighted by atomic mass is 10.0. The first-order valence-electron chi connectivity index (χ1n) is 11.8. The summed E-state index contributed by atoms with van der Waals surface area (Å²) in [4.78, 5) is 10.7. The van der Waals surface area contributed by atoms with E-state index in [9.17, 15) is 18.0 Å². The molecule has 7 nitrogen and oxygen atoms in total. The van der Waals surface area contributed by atoms with Gasteiger partial charge in [0.25, 0.3) is 0 Å². The average Bonchev–Trinajstić information content (AvgIpc) is 3.45. The van der Waals surface area contributed by atoms with Gasteiger partial charge < -0.3 is 23.7 Å². The minimum Gasteiger partial charge on any atom is -0.493 e. The molecule has 192 valence electrons. The molecule has 4 aromatic rings. The Morgan fingerprint density at radius 1 is 1.06 bits per heavy atom. The first-order chi connectivity index (χ1) is 17.3. The highest BCUT2D eigenvalue weighted by Crippen LogP contribution is 2.38. The number of aliphatic carboxylic acids is 1. The van der Waals surface area contributed by atoms with Gasteiger partial charge >= 0.3 is 12.1 Å². The number of hydrogen-bond donors (Lipinski definition) is 1. The maximum absolute atomic E-state index is 13.2. The number of fused-ring (bicyclic) bond motifs is 2. The molecular weight excluding hydrogens is 477 g/mol. The zero-order valence-corrected chi connectivity index (χ0v) is 19.8. The normalized spacial score (nSPS) is 11.9. The standard InChI is InChI=1S/C26H27F3N2O5/c1-2-6-18-22(11-10-19-24(18)36-30-25(19)26(27,28)29)35-16-5-13-31-14-12-17-20(31)7-3-8-21(17)34-15-4-9-23(32)33/h3,7-8,10-12,14H,2,4-6,9,13,15-16H2,1H3,(H,32,33). The molecule has 0 spiro atoms. The quantitative estimate of drug-likeness (QED) is 0.223. The molecule has 0 saturated heterocycles. The molecule has 36 heavy (non-hydrogen) atoms. The summed E-state index contributed by atoms with van der Waals surface area (Å²) in [6.07, 6.45) is -0.243. The molecule has 2 heterocycles. The van der Waals surface area contributed by atoms with Gasteiger partial charge in [0.15, 0.2) is 11.3 Å². The molecule has 2 aromatic heterocycles. The number of carboxylic acids is 1. The molecule has 0 radical (unpaired) electrons. The Bertz CT molecular complexity index is 1340. The van der Waals surface area contributed by atoms with Gasteiger partial charge in [-0.3, -0.25) is 4.79 Å². The van der Waals surface area contributed by atoms with Crippen LogP contribution in [-0.2, 0) is 23.9 Å². The van der Waals surface area contributed by atoms with E-state index in [1.807, 2.05) is 37.4 Å². The molecule has 0 saturated carbocycles. The Morgan fingerprint density at radius 3 is 2.58 bits per heavy atom. The highest BCUT2D eigenvalue weighted by molar-refractivity contribution is 5.86. The summed E-state index contributed by atoms with van der Waals surface area (Å²) in [6, 6.07) is 10.6. The van der Waals surface area contributed by atoms with Crippen molar-refractivity contribution in [2.75, 3.05) is 13.2 Å². The number of rotatable bonds is 12. The summed E-state index contributed by atoms with van der Waals surface area (Å²) in [5.41, 5.74) is 0.675.